The Balaban J connectivity index is 1.82. The highest BCUT2D eigenvalue weighted by Gasteiger charge is 2.36. The van der Waals surface area contributed by atoms with E-state index in [9.17, 15) is 9.59 Å². The zero-order chi connectivity index (χ0) is 15.2. The molecule has 1 aliphatic carbocycles. The summed E-state index contributed by atoms with van der Waals surface area (Å²) in [5.74, 6) is -1.01. The van der Waals surface area contributed by atoms with Gasteiger partial charge in [-0.15, -0.1) is 0 Å². The Kier molecular flexibility index (Phi) is 5.99. The van der Waals surface area contributed by atoms with E-state index in [4.69, 9.17) is 9.84 Å². The summed E-state index contributed by atoms with van der Waals surface area (Å²) in [6.07, 6.45) is 2.85. The molecular formula is C15H26N2O4. The number of carboxylic acid groups (broad SMARTS) is 1. The summed E-state index contributed by atoms with van der Waals surface area (Å²) < 4.78 is 5.10. The third-order valence-corrected chi connectivity index (χ3v) is 4.64. The molecule has 0 aromatic heterocycles. The van der Waals surface area contributed by atoms with Crippen LogP contribution in [0.15, 0.2) is 0 Å². The van der Waals surface area contributed by atoms with E-state index in [1.165, 1.54) is 0 Å². The Morgan fingerprint density at radius 2 is 1.90 bits per heavy atom. The number of carbonyl (C=O) groups excluding carboxylic acids is 1. The van der Waals surface area contributed by atoms with Crippen LogP contribution in [-0.4, -0.2) is 73.2 Å². The van der Waals surface area contributed by atoms with Gasteiger partial charge in [-0.1, -0.05) is 0 Å². The van der Waals surface area contributed by atoms with E-state index in [1.54, 1.807) is 7.11 Å². The van der Waals surface area contributed by atoms with Gasteiger partial charge in [-0.3, -0.25) is 14.5 Å². The molecule has 2 rings (SSSR count). The van der Waals surface area contributed by atoms with Gasteiger partial charge in [0, 0.05) is 39.2 Å². The molecule has 0 bridgehead atoms. The molecular weight excluding hydrogens is 272 g/mol. The van der Waals surface area contributed by atoms with Crippen LogP contribution in [0.25, 0.3) is 0 Å². The van der Waals surface area contributed by atoms with E-state index < -0.39 is 5.97 Å². The largest absolute Gasteiger partial charge is 0.481 e. The number of ether oxygens (including phenoxy) is 1. The Hall–Kier alpha value is -1.14. The van der Waals surface area contributed by atoms with Crippen LogP contribution in [0.1, 0.15) is 25.7 Å². The van der Waals surface area contributed by atoms with Crippen molar-refractivity contribution in [1.82, 2.24) is 9.80 Å². The second kappa shape index (κ2) is 7.75. The summed E-state index contributed by atoms with van der Waals surface area (Å²) in [5, 5.41) is 9.04. The number of carbonyl (C=O) groups is 2. The first-order valence-corrected chi connectivity index (χ1v) is 7.84. The number of amides is 1. The Morgan fingerprint density at radius 1 is 1.14 bits per heavy atom. The lowest BCUT2D eigenvalue weighted by molar-refractivity contribution is -0.141. The quantitative estimate of drug-likeness (QED) is 0.808. The molecule has 2 fully saturated rings. The van der Waals surface area contributed by atoms with E-state index >= 15 is 0 Å². The van der Waals surface area contributed by atoms with E-state index in [-0.39, 0.29) is 17.7 Å². The molecule has 120 valence electrons. The first-order chi connectivity index (χ1) is 10.1. The molecule has 2 aliphatic rings. The minimum absolute atomic E-state index is 0.0865. The molecule has 2 atom stereocenters. The van der Waals surface area contributed by atoms with Crippen LogP contribution in [0.4, 0.5) is 0 Å². The van der Waals surface area contributed by atoms with Crippen molar-refractivity contribution >= 4 is 11.9 Å². The Bertz CT molecular complexity index is 375. The lowest BCUT2D eigenvalue weighted by atomic mass is 10.0. The summed E-state index contributed by atoms with van der Waals surface area (Å²) in [6, 6.07) is 0. The maximum atomic E-state index is 12.5. The molecule has 1 aliphatic heterocycles. The first kappa shape index (κ1) is 16.2. The maximum Gasteiger partial charge on any atom is 0.306 e. The van der Waals surface area contributed by atoms with Crippen molar-refractivity contribution in [3.05, 3.63) is 0 Å². The minimum atomic E-state index is -0.757. The van der Waals surface area contributed by atoms with Crippen molar-refractivity contribution in [2.75, 3.05) is 46.4 Å². The van der Waals surface area contributed by atoms with Gasteiger partial charge >= 0.3 is 5.97 Å². The normalized spacial score (nSPS) is 27.6. The fourth-order valence-corrected chi connectivity index (χ4v) is 3.32. The Morgan fingerprint density at radius 3 is 2.57 bits per heavy atom. The highest BCUT2D eigenvalue weighted by molar-refractivity contribution is 5.81. The second-order valence-corrected chi connectivity index (χ2v) is 6.06. The van der Waals surface area contributed by atoms with Crippen molar-refractivity contribution in [3.8, 4) is 0 Å². The number of aliphatic carboxylic acids is 1. The van der Waals surface area contributed by atoms with Crippen LogP contribution in [0.5, 0.6) is 0 Å². The number of rotatable bonds is 5. The highest BCUT2D eigenvalue weighted by Crippen LogP contribution is 2.32. The number of methoxy groups -OCH3 is 1. The zero-order valence-electron chi connectivity index (χ0n) is 12.8. The average molecular weight is 298 g/mol. The Labute approximate surface area is 126 Å². The standard InChI is InChI=1S/C15H26N2O4/c1-21-10-9-16-5-2-6-17(8-7-16)14(18)12-3-4-13(11-12)15(19)20/h12-13H,2-11H2,1H3,(H,19,20). The number of hydrogen-bond acceptors (Lipinski definition) is 4. The fourth-order valence-electron chi connectivity index (χ4n) is 3.32. The summed E-state index contributed by atoms with van der Waals surface area (Å²) in [5.41, 5.74) is 0. The van der Waals surface area contributed by atoms with E-state index in [0.717, 1.165) is 52.2 Å². The van der Waals surface area contributed by atoms with Crippen molar-refractivity contribution in [2.24, 2.45) is 11.8 Å². The second-order valence-electron chi connectivity index (χ2n) is 6.06. The SMILES string of the molecule is COCCN1CCCN(C(=O)C2CCC(C(=O)O)C2)CC1. The van der Waals surface area contributed by atoms with Crippen LogP contribution in [-0.2, 0) is 14.3 Å². The molecule has 0 aromatic rings. The van der Waals surface area contributed by atoms with Crippen molar-refractivity contribution < 1.29 is 19.4 Å². The van der Waals surface area contributed by atoms with Gasteiger partial charge < -0.3 is 14.7 Å². The van der Waals surface area contributed by atoms with Crippen molar-refractivity contribution in [2.45, 2.75) is 25.7 Å². The summed E-state index contributed by atoms with van der Waals surface area (Å²) in [7, 11) is 1.70. The van der Waals surface area contributed by atoms with Crippen LogP contribution in [0.2, 0.25) is 0 Å². The summed E-state index contributed by atoms with van der Waals surface area (Å²) in [4.78, 5) is 27.8. The number of carboxylic acids is 1. The molecule has 1 N–H and O–H groups in total. The molecule has 0 spiro atoms. The maximum absolute atomic E-state index is 12.5. The molecule has 1 saturated heterocycles. The molecule has 21 heavy (non-hydrogen) atoms. The van der Waals surface area contributed by atoms with Gasteiger partial charge in [-0.2, -0.15) is 0 Å². The van der Waals surface area contributed by atoms with Crippen LogP contribution >= 0.6 is 0 Å². The molecule has 1 amide bonds. The smallest absolute Gasteiger partial charge is 0.306 e. The minimum Gasteiger partial charge on any atom is -0.481 e. The van der Waals surface area contributed by atoms with Gasteiger partial charge in [-0.05, 0) is 32.2 Å². The third kappa shape index (κ3) is 4.41. The zero-order valence-corrected chi connectivity index (χ0v) is 12.8. The monoisotopic (exact) mass is 298 g/mol. The molecule has 1 heterocycles. The number of hydrogen-bond donors (Lipinski definition) is 1. The van der Waals surface area contributed by atoms with E-state index in [1.807, 2.05) is 4.90 Å². The fraction of sp³-hybridized carbons (Fsp3) is 0.867. The predicted molar refractivity (Wildman–Crippen MR) is 78.0 cm³/mol. The number of nitrogens with zero attached hydrogens (tertiary/aromatic N) is 2. The van der Waals surface area contributed by atoms with Gasteiger partial charge in [0.05, 0.1) is 12.5 Å². The molecule has 1 saturated carbocycles. The highest BCUT2D eigenvalue weighted by atomic mass is 16.5. The van der Waals surface area contributed by atoms with Crippen molar-refractivity contribution in [1.29, 1.82) is 0 Å². The lowest BCUT2D eigenvalue weighted by Gasteiger charge is -2.24. The molecule has 6 heteroatoms. The van der Waals surface area contributed by atoms with Crippen LogP contribution < -0.4 is 0 Å². The van der Waals surface area contributed by atoms with Crippen LogP contribution in [0.3, 0.4) is 0 Å². The van der Waals surface area contributed by atoms with Crippen molar-refractivity contribution in [3.63, 3.8) is 0 Å². The van der Waals surface area contributed by atoms with Crippen LogP contribution in [0, 0.1) is 11.8 Å². The molecule has 0 aromatic carbocycles. The van der Waals surface area contributed by atoms with Gasteiger partial charge in [0.25, 0.3) is 0 Å². The van der Waals surface area contributed by atoms with Gasteiger partial charge in [0.1, 0.15) is 0 Å². The topological polar surface area (TPSA) is 70.1 Å². The predicted octanol–water partition coefficient (Wildman–Crippen LogP) is 0.668. The van der Waals surface area contributed by atoms with E-state index in [0.29, 0.717) is 12.8 Å². The van der Waals surface area contributed by atoms with Gasteiger partial charge in [-0.25, -0.2) is 0 Å². The third-order valence-electron chi connectivity index (χ3n) is 4.64. The van der Waals surface area contributed by atoms with Gasteiger partial charge in [0.2, 0.25) is 5.91 Å². The summed E-state index contributed by atoms with van der Waals surface area (Å²) in [6.45, 7) is 5.03. The molecule has 6 nitrogen and oxygen atoms in total. The summed E-state index contributed by atoms with van der Waals surface area (Å²) >= 11 is 0. The van der Waals surface area contributed by atoms with E-state index in [2.05, 4.69) is 4.90 Å². The lowest BCUT2D eigenvalue weighted by Crippen LogP contribution is -2.39. The van der Waals surface area contributed by atoms with Gasteiger partial charge in [0.15, 0.2) is 0 Å². The molecule has 0 radical (unpaired) electrons. The average Bonchev–Trinajstić information content (AvgIpc) is 2.85. The molecule has 2 unspecified atom stereocenters. The first-order valence-electron chi connectivity index (χ1n) is 7.84.